The number of ether oxygens (including phenoxy) is 1. The summed E-state index contributed by atoms with van der Waals surface area (Å²) in [5, 5.41) is 9.96. The van der Waals surface area contributed by atoms with Crippen LogP contribution in [-0.4, -0.2) is 36.3 Å². The fraction of sp³-hybridized carbons (Fsp3) is 0.333. The molecular weight excluding hydrogens is 300 g/mol. The maximum absolute atomic E-state index is 13.6. The van der Waals surface area contributed by atoms with Crippen LogP contribution in [0.5, 0.6) is 0 Å². The molecule has 2 aromatic carbocycles. The van der Waals surface area contributed by atoms with Gasteiger partial charge in [0.1, 0.15) is 11.6 Å². The number of halogens is 2. The fourth-order valence-electron chi connectivity index (χ4n) is 2.32. The van der Waals surface area contributed by atoms with Crippen molar-refractivity contribution in [1.29, 1.82) is 0 Å². The molecule has 0 fully saturated rings. The third kappa shape index (κ3) is 5.71. The van der Waals surface area contributed by atoms with Crippen LogP contribution in [0, 0.1) is 11.6 Å². The van der Waals surface area contributed by atoms with Gasteiger partial charge in [0, 0.05) is 18.7 Å². The lowest BCUT2D eigenvalue weighted by Gasteiger charge is -2.21. The summed E-state index contributed by atoms with van der Waals surface area (Å²) in [5.74, 6) is -1.15. The molecule has 2 rings (SSSR count). The summed E-state index contributed by atoms with van der Waals surface area (Å²) < 4.78 is 32.6. The Morgan fingerprint density at radius 1 is 1.04 bits per heavy atom. The summed E-state index contributed by atoms with van der Waals surface area (Å²) in [6, 6.07) is 13.4. The van der Waals surface area contributed by atoms with Gasteiger partial charge in [-0.05, 0) is 24.7 Å². The van der Waals surface area contributed by atoms with Crippen LogP contribution in [0.3, 0.4) is 0 Å². The molecule has 0 amide bonds. The van der Waals surface area contributed by atoms with Gasteiger partial charge >= 0.3 is 0 Å². The van der Waals surface area contributed by atoms with Crippen LogP contribution in [0.2, 0.25) is 0 Å². The lowest BCUT2D eigenvalue weighted by atomic mass is 10.2. The van der Waals surface area contributed by atoms with Crippen LogP contribution in [0.25, 0.3) is 0 Å². The third-order valence-corrected chi connectivity index (χ3v) is 3.43. The van der Waals surface area contributed by atoms with Crippen LogP contribution in [0.4, 0.5) is 8.78 Å². The van der Waals surface area contributed by atoms with Crippen molar-refractivity contribution >= 4 is 0 Å². The largest absolute Gasteiger partial charge is 0.389 e. The second kappa shape index (κ2) is 8.72. The Morgan fingerprint density at radius 2 is 1.70 bits per heavy atom. The van der Waals surface area contributed by atoms with Crippen LogP contribution < -0.4 is 0 Å². The van der Waals surface area contributed by atoms with E-state index in [0.717, 1.165) is 5.56 Å². The molecule has 0 aliphatic carbocycles. The van der Waals surface area contributed by atoms with Crippen LogP contribution in [0.1, 0.15) is 11.1 Å². The normalized spacial score (nSPS) is 12.6. The van der Waals surface area contributed by atoms with E-state index in [4.69, 9.17) is 4.74 Å². The zero-order valence-corrected chi connectivity index (χ0v) is 13.1. The summed E-state index contributed by atoms with van der Waals surface area (Å²) >= 11 is 0. The Hall–Kier alpha value is -1.82. The molecule has 2 aromatic rings. The Balaban J connectivity index is 1.75. The summed E-state index contributed by atoms with van der Waals surface area (Å²) in [6.45, 7) is 0.944. The molecular formula is C18H21F2NO2. The van der Waals surface area contributed by atoms with Gasteiger partial charge in [0.05, 0.1) is 19.3 Å². The zero-order chi connectivity index (χ0) is 16.7. The first kappa shape index (κ1) is 17.5. The van der Waals surface area contributed by atoms with E-state index < -0.39 is 17.7 Å². The fourth-order valence-corrected chi connectivity index (χ4v) is 2.32. The van der Waals surface area contributed by atoms with Crippen molar-refractivity contribution in [3.63, 3.8) is 0 Å². The Labute approximate surface area is 135 Å². The molecule has 0 saturated heterocycles. The number of hydrogen-bond donors (Lipinski definition) is 1. The third-order valence-electron chi connectivity index (χ3n) is 3.43. The molecule has 1 unspecified atom stereocenters. The monoisotopic (exact) mass is 321 g/mol. The number of likely N-dealkylation sites (N-methyl/N-ethyl adjacent to an activating group) is 1. The molecule has 5 heteroatoms. The minimum Gasteiger partial charge on any atom is -0.389 e. The van der Waals surface area contributed by atoms with Gasteiger partial charge < -0.3 is 9.84 Å². The second-order valence-corrected chi connectivity index (χ2v) is 5.55. The second-order valence-electron chi connectivity index (χ2n) is 5.55. The summed E-state index contributed by atoms with van der Waals surface area (Å²) in [5.41, 5.74) is 1.04. The molecule has 3 nitrogen and oxygen atoms in total. The Bertz CT molecular complexity index is 587. The van der Waals surface area contributed by atoms with Gasteiger partial charge in [-0.2, -0.15) is 0 Å². The number of nitrogens with zero attached hydrogens (tertiary/aromatic N) is 1. The van der Waals surface area contributed by atoms with E-state index in [1.807, 2.05) is 30.3 Å². The van der Waals surface area contributed by atoms with Crippen molar-refractivity contribution in [2.24, 2.45) is 0 Å². The van der Waals surface area contributed by atoms with Crippen molar-refractivity contribution in [2.45, 2.75) is 19.3 Å². The zero-order valence-electron chi connectivity index (χ0n) is 13.1. The van der Waals surface area contributed by atoms with Crippen molar-refractivity contribution in [1.82, 2.24) is 4.90 Å². The van der Waals surface area contributed by atoms with Crippen LogP contribution >= 0.6 is 0 Å². The molecule has 0 aliphatic heterocycles. The molecule has 124 valence electrons. The van der Waals surface area contributed by atoms with Crippen molar-refractivity contribution in [3.05, 3.63) is 71.3 Å². The predicted octanol–water partition coefficient (Wildman–Crippen LogP) is 2.97. The topological polar surface area (TPSA) is 32.7 Å². The van der Waals surface area contributed by atoms with Gasteiger partial charge in [-0.25, -0.2) is 8.78 Å². The average molecular weight is 321 g/mol. The van der Waals surface area contributed by atoms with E-state index in [1.165, 1.54) is 18.2 Å². The van der Waals surface area contributed by atoms with Gasteiger partial charge in [0.2, 0.25) is 0 Å². The van der Waals surface area contributed by atoms with Gasteiger partial charge in [-0.1, -0.05) is 36.4 Å². The Kier molecular flexibility index (Phi) is 6.65. The smallest absolute Gasteiger partial charge is 0.130 e. The lowest BCUT2D eigenvalue weighted by molar-refractivity contribution is 0.0124. The molecule has 0 saturated carbocycles. The number of rotatable bonds is 8. The first-order valence-electron chi connectivity index (χ1n) is 7.47. The molecule has 0 bridgehead atoms. The quantitative estimate of drug-likeness (QED) is 0.811. The number of aliphatic hydroxyl groups excluding tert-OH is 1. The molecule has 23 heavy (non-hydrogen) atoms. The van der Waals surface area contributed by atoms with Crippen molar-refractivity contribution in [2.75, 3.05) is 20.2 Å². The van der Waals surface area contributed by atoms with Gasteiger partial charge in [-0.15, -0.1) is 0 Å². The highest BCUT2D eigenvalue weighted by atomic mass is 19.1. The highest BCUT2D eigenvalue weighted by Crippen LogP contribution is 2.14. The lowest BCUT2D eigenvalue weighted by Crippen LogP contribution is -2.32. The van der Waals surface area contributed by atoms with E-state index in [9.17, 15) is 13.9 Å². The first-order chi connectivity index (χ1) is 11.1. The number of hydrogen-bond acceptors (Lipinski definition) is 3. The summed E-state index contributed by atoms with van der Waals surface area (Å²) in [7, 11) is 1.70. The van der Waals surface area contributed by atoms with Crippen LogP contribution in [-0.2, 0) is 17.9 Å². The average Bonchev–Trinajstić information content (AvgIpc) is 2.52. The first-order valence-corrected chi connectivity index (χ1v) is 7.47. The highest BCUT2D eigenvalue weighted by molar-refractivity contribution is 5.19. The molecule has 1 N–H and O–H groups in total. The van der Waals surface area contributed by atoms with E-state index in [2.05, 4.69) is 0 Å². The van der Waals surface area contributed by atoms with Crippen molar-refractivity contribution in [3.8, 4) is 0 Å². The van der Waals surface area contributed by atoms with Gasteiger partial charge in [0.15, 0.2) is 0 Å². The standard InChI is InChI=1S/C18H21F2NO2/c1-21(11-16-17(19)8-5-9-18(16)20)10-15(22)13-23-12-14-6-3-2-4-7-14/h2-9,15,22H,10-13H2,1H3. The minimum absolute atomic E-state index is 0.00686. The molecule has 0 heterocycles. The van der Waals surface area contributed by atoms with Crippen LogP contribution in [0.15, 0.2) is 48.5 Å². The van der Waals surface area contributed by atoms with Gasteiger partial charge in [-0.3, -0.25) is 4.90 Å². The molecule has 0 spiro atoms. The summed E-state index contributed by atoms with van der Waals surface area (Å²) in [4.78, 5) is 1.66. The molecule has 0 aliphatic rings. The molecule has 0 aromatic heterocycles. The maximum atomic E-state index is 13.6. The van der Waals surface area contributed by atoms with E-state index >= 15 is 0 Å². The van der Waals surface area contributed by atoms with Crippen molar-refractivity contribution < 1.29 is 18.6 Å². The predicted molar refractivity (Wildman–Crippen MR) is 84.8 cm³/mol. The van der Waals surface area contributed by atoms with E-state index in [0.29, 0.717) is 6.61 Å². The minimum atomic E-state index is -0.724. The maximum Gasteiger partial charge on any atom is 0.130 e. The number of aliphatic hydroxyl groups is 1. The van der Waals surface area contributed by atoms with E-state index in [-0.39, 0.29) is 25.3 Å². The van der Waals surface area contributed by atoms with Gasteiger partial charge in [0.25, 0.3) is 0 Å². The van der Waals surface area contributed by atoms with E-state index in [1.54, 1.807) is 11.9 Å². The molecule has 1 atom stereocenters. The Morgan fingerprint density at radius 3 is 2.35 bits per heavy atom. The highest BCUT2D eigenvalue weighted by Gasteiger charge is 2.14. The summed E-state index contributed by atoms with van der Waals surface area (Å²) in [6.07, 6.45) is -0.724. The number of benzene rings is 2. The molecule has 0 radical (unpaired) electrons. The SMILES string of the molecule is CN(Cc1c(F)cccc1F)CC(O)COCc1ccccc1.